The van der Waals surface area contributed by atoms with Crippen LogP contribution in [0.1, 0.15) is 11.3 Å². The van der Waals surface area contributed by atoms with Gasteiger partial charge in [-0.3, -0.25) is 10.1 Å². The van der Waals surface area contributed by atoms with E-state index in [2.05, 4.69) is 4.98 Å². The highest BCUT2D eigenvalue weighted by molar-refractivity contribution is 7.98. The van der Waals surface area contributed by atoms with Crippen molar-refractivity contribution in [1.29, 1.82) is 0 Å². The Kier molecular flexibility index (Phi) is 3.52. The van der Waals surface area contributed by atoms with Crippen molar-refractivity contribution >= 4 is 23.1 Å². The molecule has 1 heterocycles. The summed E-state index contributed by atoms with van der Waals surface area (Å²) in [7, 11) is 0. The molecule has 0 unspecified atom stereocenters. The molecule has 0 radical (unpaired) electrons. The smallest absolute Gasteiger partial charge is 0.269 e. The number of oxazole rings is 1. The Morgan fingerprint density at radius 1 is 1.56 bits per heavy atom. The summed E-state index contributed by atoms with van der Waals surface area (Å²) in [6.45, 7) is 1.83. The Labute approximate surface area is 107 Å². The van der Waals surface area contributed by atoms with E-state index >= 15 is 0 Å². The number of nitrogens with zero attached hydrogens (tertiary/aromatic N) is 2. The van der Waals surface area contributed by atoms with Crippen LogP contribution in [0.25, 0.3) is 0 Å². The summed E-state index contributed by atoms with van der Waals surface area (Å²) in [6.07, 6.45) is 1.55. The third-order valence-corrected chi connectivity index (χ3v) is 3.18. The number of thioether (sulfide) groups is 1. The van der Waals surface area contributed by atoms with Crippen molar-refractivity contribution in [2.75, 3.05) is 5.73 Å². The molecule has 6 nitrogen and oxygen atoms in total. The van der Waals surface area contributed by atoms with Crippen LogP contribution in [-0.4, -0.2) is 9.91 Å². The zero-order valence-corrected chi connectivity index (χ0v) is 10.4. The number of aromatic nitrogens is 1. The lowest BCUT2D eigenvalue weighted by Crippen LogP contribution is -1.95. The highest BCUT2D eigenvalue weighted by Gasteiger charge is 2.10. The quantitative estimate of drug-likeness (QED) is 0.395. The van der Waals surface area contributed by atoms with Gasteiger partial charge in [0.05, 0.1) is 10.6 Å². The van der Waals surface area contributed by atoms with Crippen molar-refractivity contribution in [1.82, 2.24) is 4.98 Å². The first kappa shape index (κ1) is 12.4. The largest absolute Gasteiger partial charge is 0.440 e. The van der Waals surface area contributed by atoms with Gasteiger partial charge >= 0.3 is 0 Å². The zero-order chi connectivity index (χ0) is 13.1. The molecular formula is C11H11N3O3S. The third-order valence-electron chi connectivity index (χ3n) is 2.29. The van der Waals surface area contributed by atoms with E-state index in [-0.39, 0.29) is 5.69 Å². The molecule has 2 rings (SSSR count). The zero-order valence-electron chi connectivity index (χ0n) is 9.62. The van der Waals surface area contributed by atoms with Crippen LogP contribution in [-0.2, 0) is 5.75 Å². The topological polar surface area (TPSA) is 95.2 Å². The fraction of sp³-hybridized carbons (Fsp3) is 0.182. The molecule has 1 aromatic heterocycles. The lowest BCUT2D eigenvalue weighted by molar-refractivity contribution is -0.384. The van der Waals surface area contributed by atoms with E-state index < -0.39 is 4.92 Å². The van der Waals surface area contributed by atoms with Crippen molar-refractivity contribution in [3.05, 3.63) is 45.8 Å². The number of nitrogen functional groups attached to an aromatic ring is 1. The second-order valence-corrected chi connectivity index (χ2v) is 4.61. The second-order valence-electron chi connectivity index (χ2n) is 3.68. The molecule has 0 aliphatic heterocycles. The fourth-order valence-corrected chi connectivity index (χ4v) is 2.22. The standard InChI is InChI=1S/C11H11N3O3S/c1-7-5-17-11(13-7)18-6-8-4-9(14(15)16)2-3-10(8)12/h2-5H,6,12H2,1H3. The number of hydrogen-bond acceptors (Lipinski definition) is 6. The maximum absolute atomic E-state index is 10.7. The van der Waals surface area contributed by atoms with Gasteiger partial charge in [-0.2, -0.15) is 0 Å². The van der Waals surface area contributed by atoms with E-state index in [0.29, 0.717) is 22.2 Å². The van der Waals surface area contributed by atoms with Gasteiger partial charge in [0.25, 0.3) is 10.9 Å². The third kappa shape index (κ3) is 2.80. The molecule has 1 aromatic carbocycles. The van der Waals surface area contributed by atoms with Crippen LogP contribution in [0.15, 0.2) is 34.1 Å². The van der Waals surface area contributed by atoms with Gasteiger partial charge in [0, 0.05) is 23.6 Å². The lowest BCUT2D eigenvalue weighted by Gasteiger charge is -2.03. The Morgan fingerprint density at radius 3 is 2.94 bits per heavy atom. The summed E-state index contributed by atoms with van der Waals surface area (Å²) in [4.78, 5) is 14.4. The average molecular weight is 265 g/mol. The van der Waals surface area contributed by atoms with E-state index in [1.807, 2.05) is 6.92 Å². The SMILES string of the molecule is Cc1coc(SCc2cc([N+](=O)[O-])ccc2N)n1. The molecule has 0 amide bonds. The molecule has 0 saturated heterocycles. The first-order valence-corrected chi connectivity index (χ1v) is 6.12. The maximum atomic E-state index is 10.7. The first-order valence-electron chi connectivity index (χ1n) is 5.14. The van der Waals surface area contributed by atoms with Crippen molar-refractivity contribution in [3.63, 3.8) is 0 Å². The number of anilines is 1. The summed E-state index contributed by atoms with van der Waals surface area (Å²) in [5.41, 5.74) is 7.82. The minimum Gasteiger partial charge on any atom is -0.440 e. The van der Waals surface area contributed by atoms with Crippen LogP contribution in [0.4, 0.5) is 11.4 Å². The molecule has 0 aliphatic rings. The molecule has 18 heavy (non-hydrogen) atoms. The van der Waals surface area contributed by atoms with Crippen molar-refractivity contribution in [3.8, 4) is 0 Å². The van der Waals surface area contributed by atoms with Crippen LogP contribution < -0.4 is 5.73 Å². The molecule has 0 aliphatic carbocycles. The molecule has 2 aromatic rings. The van der Waals surface area contributed by atoms with Gasteiger partial charge in [0.15, 0.2) is 0 Å². The average Bonchev–Trinajstić information content (AvgIpc) is 2.74. The summed E-state index contributed by atoms with van der Waals surface area (Å²) in [6, 6.07) is 4.39. The van der Waals surface area contributed by atoms with Crippen LogP contribution in [0.2, 0.25) is 0 Å². The van der Waals surface area contributed by atoms with Gasteiger partial charge in [0.2, 0.25) is 0 Å². The van der Waals surface area contributed by atoms with Crippen molar-refractivity contribution < 1.29 is 9.34 Å². The molecule has 0 fully saturated rings. The van der Waals surface area contributed by atoms with Gasteiger partial charge in [0.1, 0.15) is 6.26 Å². The molecule has 7 heteroatoms. The van der Waals surface area contributed by atoms with Crippen molar-refractivity contribution in [2.45, 2.75) is 17.9 Å². The highest BCUT2D eigenvalue weighted by Crippen LogP contribution is 2.27. The first-order chi connectivity index (χ1) is 8.56. The number of non-ortho nitro benzene ring substituents is 1. The van der Waals surface area contributed by atoms with Gasteiger partial charge in [-0.1, -0.05) is 11.8 Å². The van der Waals surface area contributed by atoms with Gasteiger partial charge in [-0.15, -0.1) is 0 Å². The van der Waals surface area contributed by atoms with Gasteiger partial charge in [-0.05, 0) is 18.6 Å². The van der Waals surface area contributed by atoms with Crippen LogP contribution in [0.5, 0.6) is 0 Å². The number of nitro benzene ring substituents is 1. The number of hydrogen-bond donors (Lipinski definition) is 1. The van der Waals surface area contributed by atoms with Gasteiger partial charge < -0.3 is 10.2 Å². The maximum Gasteiger partial charge on any atom is 0.269 e. The molecular weight excluding hydrogens is 254 g/mol. The summed E-state index contributed by atoms with van der Waals surface area (Å²) in [5.74, 6) is 0.480. The molecule has 94 valence electrons. The Morgan fingerprint density at radius 2 is 2.33 bits per heavy atom. The second kappa shape index (κ2) is 5.09. The normalized spacial score (nSPS) is 10.5. The predicted octanol–water partition coefficient (Wildman–Crippen LogP) is 2.77. The monoisotopic (exact) mass is 265 g/mol. The summed E-state index contributed by atoms with van der Waals surface area (Å²) in [5, 5.41) is 11.2. The van der Waals surface area contributed by atoms with E-state index in [4.69, 9.17) is 10.2 Å². The number of nitrogens with two attached hydrogens (primary N) is 1. The van der Waals surface area contributed by atoms with Crippen LogP contribution in [0.3, 0.4) is 0 Å². The van der Waals surface area contributed by atoms with Gasteiger partial charge in [-0.25, -0.2) is 4.98 Å². The fourth-order valence-electron chi connectivity index (χ4n) is 1.37. The minimum atomic E-state index is -0.442. The Balaban J connectivity index is 2.13. The predicted molar refractivity (Wildman–Crippen MR) is 68.3 cm³/mol. The molecule has 0 spiro atoms. The van der Waals surface area contributed by atoms with E-state index in [1.165, 1.54) is 30.0 Å². The number of aryl methyl sites for hydroxylation is 1. The molecule has 0 bridgehead atoms. The number of nitro groups is 1. The number of benzene rings is 1. The van der Waals surface area contributed by atoms with E-state index in [0.717, 1.165) is 5.69 Å². The van der Waals surface area contributed by atoms with Crippen molar-refractivity contribution in [2.24, 2.45) is 0 Å². The van der Waals surface area contributed by atoms with Crippen LogP contribution in [0, 0.1) is 17.0 Å². The minimum absolute atomic E-state index is 0.0309. The highest BCUT2D eigenvalue weighted by atomic mass is 32.2. The molecule has 0 atom stereocenters. The van der Waals surface area contributed by atoms with E-state index in [9.17, 15) is 10.1 Å². The summed E-state index contributed by atoms with van der Waals surface area (Å²) < 4.78 is 5.18. The Hall–Kier alpha value is -2.02. The lowest BCUT2D eigenvalue weighted by atomic mass is 10.2. The summed E-state index contributed by atoms with van der Waals surface area (Å²) >= 11 is 1.35. The van der Waals surface area contributed by atoms with Crippen LogP contribution >= 0.6 is 11.8 Å². The molecule has 0 saturated carbocycles. The Bertz CT molecular complexity index is 583. The van der Waals surface area contributed by atoms with E-state index in [1.54, 1.807) is 6.26 Å². The molecule has 2 N–H and O–H groups in total. The number of rotatable bonds is 4.